The van der Waals surface area contributed by atoms with E-state index in [2.05, 4.69) is 5.32 Å². The summed E-state index contributed by atoms with van der Waals surface area (Å²) in [5.74, 6) is -0.155. The molecule has 1 aliphatic rings. The third-order valence-electron chi connectivity index (χ3n) is 4.91. The molecule has 0 radical (unpaired) electrons. The van der Waals surface area contributed by atoms with Crippen molar-refractivity contribution in [1.82, 2.24) is 4.90 Å². The van der Waals surface area contributed by atoms with Crippen LogP contribution in [0.25, 0.3) is 5.57 Å². The molecule has 2 aromatic rings. The fourth-order valence-corrected chi connectivity index (χ4v) is 3.57. The van der Waals surface area contributed by atoms with Crippen molar-refractivity contribution in [3.8, 4) is 5.75 Å². The van der Waals surface area contributed by atoms with Crippen molar-refractivity contribution in [3.05, 3.63) is 64.3 Å². The smallest absolute Gasteiger partial charge is 0.278 e. The molecule has 2 aromatic carbocycles. The van der Waals surface area contributed by atoms with Gasteiger partial charge in [-0.05, 0) is 51.0 Å². The lowest BCUT2D eigenvalue weighted by molar-refractivity contribution is -0.137. The molecule has 0 saturated carbocycles. The highest BCUT2D eigenvalue weighted by atomic mass is 35.5. The maximum Gasteiger partial charge on any atom is 0.278 e. The molecule has 164 valence electrons. The summed E-state index contributed by atoms with van der Waals surface area (Å²) in [6.07, 6.45) is 0.668. The van der Waals surface area contributed by atoms with Crippen LogP contribution in [0.4, 0.5) is 5.69 Å². The largest absolute Gasteiger partial charge is 0.495 e. The molecule has 31 heavy (non-hydrogen) atoms. The molecule has 1 heterocycles. The van der Waals surface area contributed by atoms with E-state index < -0.39 is 0 Å². The van der Waals surface area contributed by atoms with Crippen molar-refractivity contribution < 1.29 is 19.1 Å². The summed E-state index contributed by atoms with van der Waals surface area (Å²) in [7, 11) is 1.53. The van der Waals surface area contributed by atoms with Gasteiger partial charge >= 0.3 is 0 Å². The van der Waals surface area contributed by atoms with Crippen LogP contribution in [0.1, 0.15) is 31.4 Å². The second kappa shape index (κ2) is 9.98. The van der Waals surface area contributed by atoms with Gasteiger partial charge in [0.05, 0.1) is 23.8 Å². The summed E-state index contributed by atoms with van der Waals surface area (Å²) in [5, 5.41) is 3.52. The Hall–Kier alpha value is -2.83. The average Bonchev–Trinajstić information content (AvgIpc) is 2.96. The minimum atomic E-state index is -0.364. The van der Waals surface area contributed by atoms with Crippen molar-refractivity contribution in [2.75, 3.05) is 25.6 Å². The van der Waals surface area contributed by atoms with Crippen LogP contribution in [0.3, 0.4) is 0 Å². The number of hydrogen-bond donors (Lipinski definition) is 1. The molecule has 0 aliphatic carbocycles. The number of carbonyl (C=O) groups excluding carboxylic acids is 2. The van der Waals surface area contributed by atoms with E-state index in [0.29, 0.717) is 40.6 Å². The Morgan fingerprint density at radius 2 is 1.77 bits per heavy atom. The van der Waals surface area contributed by atoms with Gasteiger partial charge in [0.1, 0.15) is 11.4 Å². The number of halogens is 1. The molecule has 1 N–H and O–H groups in total. The summed E-state index contributed by atoms with van der Waals surface area (Å²) in [4.78, 5) is 27.7. The number of hydrogen-bond acceptors (Lipinski definition) is 5. The Morgan fingerprint density at radius 1 is 1.06 bits per heavy atom. The van der Waals surface area contributed by atoms with Crippen LogP contribution in [-0.2, 0) is 14.3 Å². The topological polar surface area (TPSA) is 67.9 Å². The Balaban J connectivity index is 1.91. The Bertz CT molecular complexity index is 999. The standard InChI is InChI=1S/C24H27ClN2O4/c1-15(2)31-13-5-12-27-23(28)21(17-8-6-16(3)7-9-17)22(24(27)29)26-18-10-11-20(30-4)19(25)14-18/h6-11,14-15,26H,5,12-13H2,1-4H3. The first kappa shape index (κ1) is 22.8. The van der Waals surface area contributed by atoms with Gasteiger partial charge < -0.3 is 14.8 Å². The molecule has 1 aliphatic heterocycles. The van der Waals surface area contributed by atoms with Crippen molar-refractivity contribution in [1.29, 1.82) is 0 Å². The normalized spacial score (nSPS) is 14.1. The third kappa shape index (κ3) is 5.27. The van der Waals surface area contributed by atoms with Crippen LogP contribution < -0.4 is 10.1 Å². The molecule has 0 atom stereocenters. The van der Waals surface area contributed by atoms with Crippen LogP contribution in [0.5, 0.6) is 5.75 Å². The number of methoxy groups -OCH3 is 1. The summed E-state index contributed by atoms with van der Waals surface area (Å²) in [5.41, 5.74) is 2.94. The molecule has 0 bridgehead atoms. The second-order valence-corrected chi connectivity index (χ2v) is 8.03. The van der Waals surface area contributed by atoms with Crippen molar-refractivity contribution in [2.45, 2.75) is 33.3 Å². The lowest BCUT2D eigenvalue weighted by atomic mass is 10.0. The Morgan fingerprint density at radius 3 is 2.39 bits per heavy atom. The van der Waals surface area contributed by atoms with Gasteiger partial charge in [-0.1, -0.05) is 41.4 Å². The molecule has 2 amide bonds. The van der Waals surface area contributed by atoms with Gasteiger partial charge in [-0.15, -0.1) is 0 Å². The molecule has 7 heteroatoms. The summed E-state index contributed by atoms with van der Waals surface area (Å²) in [6.45, 7) is 6.63. The van der Waals surface area contributed by atoms with Gasteiger partial charge in [-0.2, -0.15) is 0 Å². The Kier molecular flexibility index (Phi) is 7.36. The second-order valence-electron chi connectivity index (χ2n) is 7.63. The van der Waals surface area contributed by atoms with Crippen molar-refractivity contribution in [2.24, 2.45) is 0 Å². The number of aryl methyl sites for hydroxylation is 1. The molecule has 0 fully saturated rings. The number of rotatable bonds is 9. The number of anilines is 1. The molecule has 0 aromatic heterocycles. The van der Waals surface area contributed by atoms with Gasteiger partial charge in [0.25, 0.3) is 11.8 Å². The highest BCUT2D eigenvalue weighted by Crippen LogP contribution is 2.33. The van der Waals surface area contributed by atoms with E-state index in [1.54, 1.807) is 18.2 Å². The van der Waals surface area contributed by atoms with E-state index in [4.69, 9.17) is 21.1 Å². The highest BCUT2D eigenvalue weighted by Gasteiger charge is 2.38. The van der Waals surface area contributed by atoms with E-state index in [9.17, 15) is 9.59 Å². The monoisotopic (exact) mass is 442 g/mol. The average molecular weight is 443 g/mol. The van der Waals surface area contributed by atoms with Gasteiger partial charge in [-0.3, -0.25) is 14.5 Å². The predicted molar refractivity (Wildman–Crippen MR) is 122 cm³/mol. The van der Waals surface area contributed by atoms with Gasteiger partial charge in [-0.25, -0.2) is 0 Å². The number of imide groups is 1. The SMILES string of the molecule is COc1ccc(NC2=C(c3ccc(C)cc3)C(=O)N(CCCOC(C)C)C2=O)cc1Cl. The zero-order valence-electron chi connectivity index (χ0n) is 18.2. The van der Waals surface area contributed by atoms with Crippen molar-refractivity contribution >= 4 is 34.7 Å². The molecule has 0 unspecified atom stereocenters. The quantitative estimate of drug-likeness (QED) is 0.451. The van der Waals surface area contributed by atoms with Gasteiger partial charge in [0, 0.05) is 18.8 Å². The van der Waals surface area contributed by atoms with Crippen LogP contribution in [0.2, 0.25) is 5.02 Å². The lowest BCUT2D eigenvalue weighted by Crippen LogP contribution is -2.34. The van der Waals surface area contributed by atoms with E-state index >= 15 is 0 Å². The number of ether oxygens (including phenoxy) is 2. The first-order valence-corrected chi connectivity index (χ1v) is 10.6. The van der Waals surface area contributed by atoms with Gasteiger partial charge in [0.15, 0.2) is 0 Å². The van der Waals surface area contributed by atoms with E-state index in [1.807, 2.05) is 45.0 Å². The minimum Gasteiger partial charge on any atom is -0.495 e. The first-order valence-electron chi connectivity index (χ1n) is 10.2. The van der Waals surface area contributed by atoms with Crippen LogP contribution in [-0.4, -0.2) is 43.1 Å². The summed E-state index contributed by atoms with van der Waals surface area (Å²) in [6, 6.07) is 12.7. The zero-order chi connectivity index (χ0) is 22.5. The maximum absolute atomic E-state index is 13.2. The fourth-order valence-electron chi connectivity index (χ4n) is 3.31. The van der Waals surface area contributed by atoms with Crippen molar-refractivity contribution in [3.63, 3.8) is 0 Å². The number of nitrogens with one attached hydrogen (secondary N) is 1. The van der Waals surface area contributed by atoms with Crippen LogP contribution in [0.15, 0.2) is 48.2 Å². The Labute approximate surface area is 187 Å². The number of amides is 2. The number of carbonyl (C=O) groups is 2. The third-order valence-corrected chi connectivity index (χ3v) is 5.20. The lowest BCUT2D eigenvalue weighted by Gasteiger charge is -2.16. The van der Waals surface area contributed by atoms with E-state index in [1.165, 1.54) is 12.0 Å². The van der Waals surface area contributed by atoms with Gasteiger partial charge in [0.2, 0.25) is 0 Å². The molecule has 0 saturated heterocycles. The maximum atomic E-state index is 13.2. The first-order chi connectivity index (χ1) is 14.8. The zero-order valence-corrected chi connectivity index (χ0v) is 19.0. The fraction of sp³-hybridized carbons (Fsp3) is 0.333. The summed E-state index contributed by atoms with van der Waals surface area (Å²) >= 11 is 6.23. The predicted octanol–water partition coefficient (Wildman–Crippen LogP) is 4.66. The number of nitrogens with zero attached hydrogens (tertiary/aromatic N) is 1. The molecular weight excluding hydrogens is 416 g/mol. The number of benzene rings is 2. The molecule has 6 nitrogen and oxygen atoms in total. The minimum absolute atomic E-state index is 0.100. The van der Waals surface area contributed by atoms with Crippen LogP contribution >= 0.6 is 11.6 Å². The molecule has 0 spiro atoms. The molecular formula is C24H27ClN2O4. The van der Waals surface area contributed by atoms with E-state index in [-0.39, 0.29) is 30.2 Å². The highest BCUT2D eigenvalue weighted by molar-refractivity contribution is 6.36. The molecule has 3 rings (SSSR count). The summed E-state index contributed by atoms with van der Waals surface area (Å²) < 4.78 is 10.7. The van der Waals surface area contributed by atoms with Crippen LogP contribution in [0, 0.1) is 6.92 Å². The van der Waals surface area contributed by atoms with E-state index in [0.717, 1.165) is 5.56 Å².